The lowest BCUT2D eigenvalue weighted by Gasteiger charge is -1.98. The van der Waals surface area contributed by atoms with Crippen molar-refractivity contribution < 1.29 is 0 Å². The predicted octanol–water partition coefficient (Wildman–Crippen LogP) is 1.64. The van der Waals surface area contributed by atoms with Crippen LogP contribution in [-0.4, -0.2) is 20.8 Å². The quantitative estimate of drug-likeness (QED) is 0.855. The third kappa shape index (κ3) is 2.48. The van der Waals surface area contributed by atoms with E-state index in [0.717, 1.165) is 19.1 Å². The van der Waals surface area contributed by atoms with Crippen LogP contribution in [0.15, 0.2) is 24.1 Å². The van der Waals surface area contributed by atoms with Crippen molar-refractivity contribution in [3.63, 3.8) is 0 Å². The van der Waals surface area contributed by atoms with Gasteiger partial charge >= 0.3 is 0 Å². The SMILES string of the molecule is c1ncc(Cn2cc(CNC3CC3)cn2)s1. The van der Waals surface area contributed by atoms with E-state index in [1.807, 2.05) is 22.6 Å². The summed E-state index contributed by atoms with van der Waals surface area (Å²) in [5.41, 5.74) is 3.12. The summed E-state index contributed by atoms with van der Waals surface area (Å²) >= 11 is 1.67. The molecule has 0 radical (unpaired) electrons. The van der Waals surface area contributed by atoms with Gasteiger partial charge in [0.05, 0.1) is 18.3 Å². The fraction of sp³-hybridized carbons (Fsp3) is 0.455. The zero-order valence-corrected chi connectivity index (χ0v) is 9.78. The molecule has 2 aromatic heterocycles. The molecule has 0 spiro atoms. The smallest absolute Gasteiger partial charge is 0.0794 e. The van der Waals surface area contributed by atoms with E-state index in [1.54, 1.807) is 11.3 Å². The molecule has 1 saturated carbocycles. The third-order valence-corrected chi connectivity index (χ3v) is 3.42. The normalized spacial score (nSPS) is 15.5. The molecule has 84 valence electrons. The van der Waals surface area contributed by atoms with Crippen LogP contribution in [0.4, 0.5) is 0 Å². The summed E-state index contributed by atoms with van der Waals surface area (Å²) in [6.45, 7) is 1.77. The Morgan fingerprint density at radius 2 is 2.38 bits per heavy atom. The van der Waals surface area contributed by atoms with Crippen molar-refractivity contribution in [2.24, 2.45) is 0 Å². The number of hydrogen-bond donors (Lipinski definition) is 1. The molecular formula is C11H14N4S. The second-order valence-corrected chi connectivity index (χ2v) is 5.14. The van der Waals surface area contributed by atoms with E-state index in [0.29, 0.717) is 0 Å². The molecule has 5 heteroatoms. The van der Waals surface area contributed by atoms with Gasteiger partial charge in [-0.1, -0.05) is 0 Å². The Morgan fingerprint density at radius 3 is 3.12 bits per heavy atom. The van der Waals surface area contributed by atoms with Crippen molar-refractivity contribution in [2.75, 3.05) is 0 Å². The monoisotopic (exact) mass is 234 g/mol. The van der Waals surface area contributed by atoms with Crippen molar-refractivity contribution >= 4 is 11.3 Å². The summed E-state index contributed by atoms with van der Waals surface area (Å²) in [6.07, 6.45) is 8.60. The van der Waals surface area contributed by atoms with Gasteiger partial charge < -0.3 is 5.32 Å². The summed E-state index contributed by atoms with van der Waals surface area (Å²) < 4.78 is 1.97. The maximum absolute atomic E-state index is 4.34. The largest absolute Gasteiger partial charge is 0.310 e. The van der Waals surface area contributed by atoms with Gasteiger partial charge in [-0.25, -0.2) is 0 Å². The highest BCUT2D eigenvalue weighted by atomic mass is 32.1. The van der Waals surface area contributed by atoms with Gasteiger partial charge in [-0.2, -0.15) is 5.10 Å². The molecule has 2 heterocycles. The van der Waals surface area contributed by atoms with E-state index in [4.69, 9.17) is 0 Å². The van der Waals surface area contributed by atoms with Crippen LogP contribution in [0.25, 0.3) is 0 Å². The fourth-order valence-electron chi connectivity index (χ4n) is 1.61. The van der Waals surface area contributed by atoms with Crippen LogP contribution in [0.2, 0.25) is 0 Å². The van der Waals surface area contributed by atoms with E-state index >= 15 is 0 Å². The van der Waals surface area contributed by atoms with Gasteiger partial charge in [0.2, 0.25) is 0 Å². The van der Waals surface area contributed by atoms with E-state index in [2.05, 4.69) is 21.6 Å². The first kappa shape index (κ1) is 9.99. The number of thiazole rings is 1. The van der Waals surface area contributed by atoms with Gasteiger partial charge in [0, 0.05) is 35.4 Å². The lowest BCUT2D eigenvalue weighted by molar-refractivity contribution is 0.678. The Morgan fingerprint density at radius 1 is 1.44 bits per heavy atom. The summed E-state index contributed by atoms with van der Waals surface area (Å²) in [4.78, 5) is 5.30. The molecule has 4 nitrogen and oxygen atoms in total. The molecule has 1 fully saturated rings. The maximum atomic E-state index is 4.34. The van der Waals surface area contributed by atoms with Gasteiger partial charge in [0.1, 0.15) is 0 Å². The second kappa shape index (κ2) is 4.35. The average Bonchev–Trinajstić information content (AvgIpc) is 2.78. The number of nitrogens with zero attached hydrogens (tertiary/aromatic N) is 3. The summed E-state index contributed by atoms with van der Waals surface area (Å²) in [5, 5.41) is 7.83. The van der Waals surface area contributed by atoms with Crippen LogP contribution in [0.3, 0.4) is 0 Å². The zero-order chi connectivity index (χ0) is 10.8. The van der Waals surface area contributed by atoms with E-state index in [1.165, 1.54) is 23.3 Å². The van der Waals surface area contributed by atoms with Gasteiger partial charge in [-0.15, -0.1) is 11.3 Å². The van der Waals surface area contributed by atoms with Crippen molar-refractivity contribution in [2.45, 2.75) is 32.0 Å². The summed E-state index contributed by atoms with van der Waals surface area (Å²) in [7, 11) is 0. The first-order chi connectivity index (χ1) is 7.90. The molecule has 1 N–H and O–H groups in total. The molecule has 0 bridgehead atoms. The number of hydrogen-bond acceptors (Lipinski definition) is 4. The number of rotatable bonds is 5. The first-order valence-corrected chi connectivity index (χ1v) is 6.40. The zero-order valence-electron chi connectivity index (χ0n) is 8.97. The van der Waals surface area contributed by atoms with Crippen molar-refractivity contribution in [1.82, 2.24) is 20.1 Å². The minimum absolute atomic E-state index is 0.754. The molecule has 0 amide bonds. The number of aromatic nitrogens is 3. The van der Waals surface area contributed by atoms with Gasteiger partial charge in [-0.05, 0) is 12.8 Å². The third-order valence-electron chi connectivity index (χ3n) is 2.66. The van der Waals surface area contributed by atoms with Crippen LogP contribution in [0.5, 0.6) is 0 Å². The Balaban J connectivity index is 1.58. The maximum Gasteiger partial charge on any atom is 0.0794 e. The van der Waals surface area contributed by atoms with Gasteiger partial charge in [-0.3, -0.25) is 9.67 Å². The molecule has 1 aliphatic carbocycles. The highest BCUT2D eigenvalue weighted by molar-refractivity contribution is 7.09. The standard InChI is InChI=1S/C11H14N4S/c1-2-10(1)13-3-9-4-14-15(6-9)7-11-5-12-8-16-11/h4-6,8,10,13H,1-3,7H2. The Hall–Kier alpha value is -1.20. The summed E-state index contributed by atoms with van der Waals surface area (Å²) in [6, 6.07) is 0.754. The molecule has 0 aliphatic heterocycles. The molecular weight excluding hydrogens is 220 g/mol. The Labute approximate surface area is 98.3 Å². The molecule has 0 aromatic carbocycles. The fourth-order valence-corrected chi connectivity index (χ4v) is 2.20. The molecule has 0 saturated heterocycles. The Kier molecular flexibility index (Phi) is 2.71. The average molecular weight is 234 g/mol. The molecule has 2 aromatic rings. The van der Waals surface area contributed by atoms with Crippen LogP contribution >= 0.6 is 11.3 Å². The van der Waals surface area contributed by atoms with Crippen molar-refractivity contribution in [1.29, 1.82) is 0 Å². The Bertz CT molecular complexity index is 444. The topological polar surface area (TPSA) is 42.7 Å². The summed E-state index contributed by atoms with van der Waals surface area (Å²) in [5.74, 6) is 0. The van der Waals surface area contributed by atoms with E-state index in [9.17, 15) is 0 Å². The van der Waals surface area contributed by atoms with Crippen LogP contribution in [-0.2, 0) is 13.1 Å². The molecule has 0 unspecified atom stereocenters. The van der Waals surface area contributed by atoms with Crippen LogP contribution in [0, 0.1) is 0 Å². The first-order valence-electron chi connectivity index (χ1n) is 5.52. The molecule has 1 aliphatic rings. The molecule has 3 rings (SSSR count). The van der Waals surface area contributed by atoms with Gasteiger partial charge in [0.15, 0.2) is 0 Å². The van der Waals surface area contributed by atoms with Crippen LogP contribution in [0.1, 0.15) is 23.3 Å². The van der Waals surface area contributed by atoms with Crippen molar-refractivity contribution in [3.8, 4) is 0 Å². The lowest BCUT2D eigenvalue weighted by atomic mass is 10.3. The molecule has 0 atom stereocenters. The van der Waals surface area contributed by atoms with Gasteiger partial charge in [0.25, 0.3) is 0 Å². The minimum Gasteiger partial charge on any atom is -0.310 e. The highest BCUT2D eigenvalue weighted by Crippen LogP contribution is 2.19. The second-order valence-electron chi connectivity index (χ2n) is 4.17. The van der Waals surface area contributed by atoms with Crippen LogP contribution < -0.4 is 5.32 Å². The van der Waals surface area contributed by atoms with E-state index < -0.39 is 0 Å². The van der Waals surface area contributed by atoms with Crippen molar-refractivity contribution in [3.05, 3.63) is 34.5 Å². The molecule has 16 heavy (non-hydrogen) atoms. The minimum atomic E-state index is 0.754. The lowest BCUT2D eigenvalue weighted by Crippen LogP contribution is -2.14. The highest BCUT2D eigenvalue weighted by Gasteiger charge is 2.20. The predicted molar refractivity (Wildman–Crippen MR) is 63.3 cm³/mol. The van der Waals surface area contributed by atoms with E-state index in [-0.39, 0.29) is 0 Å². The number of nitrogens with one attached hydrogen (secondary N) is 1.